The van der Waals surface area contributed by atoms with Gasteiger partial charge in [-0.1, -0.05) is 48.5 Å². The van der Waals surface area contributed by atoms with E-state index < -0.39 is 28.9 Å². The third-order valence-electron chi connectivity index (χ3n) is 8.37. The molecule has 1 aliphatic heterocycles. The molecule has 16 nitrogen and oxygen atoms in total. The van der Waals surface area contributed by atoms with Crippen molar-refractivity contribution in [2.24, 2.45) is 0 Å². The molecule has 0 bridgehead atoms. The Balaban J connectivity index is 1.22. The van der Waals surface area contributed by atoms with Gasteiger partial charge in [0.25, 0.3) is 5.56 Å². The fraction of sp³-hybridized carbons (Fsp3) is 0.206. The molecule has 0 spiro atoms. The number of aromatic nitrogens is 7. The first kappa shape index (κ1) is 32.2. The number of benzene rings is 3. The average Bonchev–Trinajstić information content (AvgIpc) is 3.84. The fourth-order valence-corrected chi connectivity index (χ4v) is 6.05. The lowest BCUT2D eigenvalue weighted by atomic mass is 9.99. The molecule has 1 fully saturated rings. The van der Waals surface area contributed by atoms with E-state index >= 15 is 0 Å². The molecule has 0 aliphatic carbocycles. The molecule has 1 unspecified atom stereocenters. The van der Waals surface area contributed by atoms with Crippen molar-refractivity contribution < 1.29 is 19.4 Å². The van der Waals surface area contributed by atoms with Gasteiger partial charge in [-0.25, -0.2) is 29.0 Å². The van der Waals surface area contributed by atoms with Crippen LogP contribution in [0, 0.1) is 0 Å². The van der Waals surface area contributed by atoms with E-state index in [0.29, 0.717) is 28.9 Å². The zero-order valence-electron chi connectivity index (χ0n) is 26.7. The van der Waals surface area contributed by atoms with Gasteiger partial charge < -0.3 is 20.1 Å². The number of rotatable bonds is 8. The summed E-state index contributed by atoms with van der Waals surface area (Å²) in [7, 11) is 0. The van der Waals surface area contributed by atoms with Crippen molar-refractivity contribution in [3.05, 3.63) is 115 Å². The Bertz CT molecular complexity index is 2420. The smallest absolute Gasteiger partial charge is 0.361 e. The van der Waals surface area contributed by atoms with E-state index in [1.807, 2.05) is 36.4 Å². The molecule has 7 rings (SSSR count). The van der Waals surface area contributed by atoms with Crippen LogP contribution < -0.4 is 22.3 Å². The predicted molar refractivity (Wildman–Crippen MR) is 182 cm³/mol. The molecule has 254 valence electrons. The summed E-state index contributed by atoms with van der Waals surface area (Å²) in [5.41, 5.74) is 0.545. The number of ether oxygens (including phenoxy) is 1. The number of hydrogen-bond acceptors (Lipinski definition) is 10. The van der Waals surface area contributed by atoms with Gasteiger partial charge in [-0.05, 0) is 54.3 Å². The van der Waals surface area contributed by atoms with Crippen LogP contribution in [0.5, 0.6) is 0 Å². The number of esters is 1. The second-order valence-electron chi connectivity index (χ2n) is 11.7. The first-order chi connectivity index (χ1) is 24.2. The van der Waals surface area contributed by atoms with Crippen molar-refractivity contribution in [2.75, 3.05) is 25.0 Å². The summed E-state index contributed by atoms with van der Waals surface area (Å²) in [6.45, 7) is 3.72. The number of nitrogens with zero attached hydrogens (tertiary/aromatic N) is 5. The molecule has 1 amide bonds. The Morgan fingerprint density at radius 1 is 1.00 bits per heavy atom. The molecular formula is C34H31N9O7. The van der Waals surface area contributed by atoms with Crippen LogP contribution in [0.2, 0.25) is 0 Å². The highest BCUT2D eigenvalue weighted by molar-refractivity contribution is 6.01. The molecule has 1 atom stereocenters. The van der Waals surface area contributed by atoms with Gasteiger partial charge in [-0.15, -0.1) is 0 Å². The molecule has 50 heavy (non-hydrogen) atoms. The standard InChI is InChI=1S/C34H31N9O7/c1-2-50-31(46)27-26-28(43(40-27)23-8-5-7-20(16-23)29-37-32(47)39-38-29)30(45)42(34(49)36-26)33(48)35-22-12-10-19(11-13-22)25-9-4-3-6-21(25)17-41-15-14-24(44)18-41/h3-13,16,24,44H,2,14-15,17-18H2,1H3,(H,35,48)(H,36,49)(H2,37,38,39,47). The van der Waals surface area contributed by atoms with Crippen molar-refractivity contribution in [3.63, 3.8) is 0 Å². The number of carbonyl (C=O) groups excluding carboxylic acids is 2. The van der Waals surface area contributed by atoms with Gasteiger partial charge in [-0.3, -0.25) is 14.7 Å². The minimum Gasteiger partial charge on any atom is -0.461 e. The summed E-state index contributed by atoms with van der Waals surface area (Å²) in [5.74, 6) is -0.675. The number of H-pyrrole nitrogens is 3. The second kappa shape index (κ2) is 13.3. The first-order valence-corrected chi connectivity index (χ1v) is 15.8. The van der Waals surface area contributed by atoms with Gasteiger partial charge >= 0.3 is 23.4 Å². The number of aliphatic hydroxyl groups excluding tert-OH is 1. The first-order valence-electron chi connectivity index (χ1n) is 15.8. The number of nitrogens with one attached hydrogen (secondary N) is 4. The van der Waals surface area contributed by atoms with Crippen molar-refractivity contribution in [1.29, 1.82) is 0 Å². The Morgan fingerprint density at radius 3 is 2.52 bits per heavy atom. The Kier molecular flexibility index (Phi) is 8.53. The Morgan fingerprint density at radius 2 is 1.80 bits per heavy atom. The van der Waals surface area contributed by atoms with Crippen LogP contribution in [0.15, 0.2) is 87.2 Å². The highest BCUT2D eigenvalue weighted by Crippen LogP contribution is 2.27. The predicted octanol–water partition coefficient (Wildman–Crippen LogP) is 2.44. The highest BCUT2D eigenvalue weighted by atomic mass is 16.5. The number of hydrogen-bond donors (Lipinski definition) is 5. The minimum absolute atomic E-state index is 0.00580. The van der Waals surface area contributed by atoms with Gasteiger partial charge in [0.05, 0.1) is 18.4 Å². The van der Waals surface area contributed by atoms with Gasteiger partial charge in [0.15, 0.2) is 17.0 Å². The van der Waals surface area contributed by atoms with Crippen LogP contribution in [0.1, 0.15) is 29.4 Å². The number of anilines is 1. The maximum absolute atomic E-state index is 14.0. The molecule has 3 aromatic heterocycles. The van der Waals surface area contributed by atoms with Gasteiger partial charge in [0, 0.05) is 30.9 Å². The number of aliphatic hydroxyl groups is 1. The van der Waals surface area contributed by atoms with Crippen molar-refractivity contribution in [1.82, 2.24) is 39.4 Å². The zero-order valence-corrected chi connectivity index (χ0v) is 26.7. The van der Waals surface area contributed by atoms with Crippen molar-refractivity contribution in [3.8, 4) is 28.2 Å². The van der Waals surface area contributed by atoms with Gasteiger partial charge in [0.1, 0.15) is 5.52 Å². The van der Waals surface area contributed by atoms with Gasteiger partial charge in [0.2, 0.25) is 0 Å². The lowest BCUT2D eigenvalue weighted by Gasteiger charge is -2.18. The van der Waals surface area contributed by atoms with Crippen molar-refractivity contribution in [2.45, 2.75) is 26.0 Å². The summed E-state index contributed by atoms with van der Waals surface area (Å²) < 4.78 is 6.62. The summed E-state index contributed by atoms with van der Waals surface area (Å²) >= 11 is 0. The zero-order chi connectivity index (χ0) is 34.9. The topological polar surface area (TPSA) is 213 Å². The molecular weight excluding hydrogens is 646 g/mol. The van der Waals surface area contributed by atoms with Crippen LogP contribution in [0.25, 0.3) is 39.2 Å². The third kappa shape index (κ3) is 6.15. The van der Waals surface area contributed by atoms with E-state index in [1.54, 1.807) is 43.3 Å². The number of fused-ring (bicyclic) bond motifs is 1. The van der Waals surface area contributed by atoms with E-state index in [2.05, 4.69) is 35.5 Å². The normalized spacial score (nSPS) is 14.6. The highest BCUT2D eigenvalue weighted by Gasteiger charge is 2.27. The van der Waals surface area contributed by atoms with Crippen LogP contribution in [-0.2, 0) is 11.3 Å². The molecule has 3 aromatic carbocycles. The van der Waals surface area contributed by atoms with E-state index in [9.17, 15) is 29.1 Å². The number of aromatic amines is 3. The van der Waals surface area contributed by atoms with E-state index in [0.717, 1.165) is 34.3 Å². The Hall–Kier alpha value is -6.39. The van der Waals surface area contributed by atoms with Crippen LogP contribution in [0.4, 0.5) is 10.5 Å². The SMILES string of the molecule is CCOC(=O)c1nn(-c2cccc(-c3n[nH]c(=O)[nH]3)c2)c2c(=O)n(C(=O)Nc3ccc(-c4ccccc4CN4CCC(O)C4)cc3)c(=O)[nH]c12. The van der Waals surface area contributed by atoms with Crippen LogP contribution in [0.3, 0.4) is 0 Å². The molecule has 4 heterocycles. The summed E-state index contributed by atoms with van der Waals surface area (Å²) in [4.78, 5) is 72.4. The quantitative estimate of drug-likeness (QED) is 0.148. The molecule has 6 aromatic rings. The molecule has 0 radical (unpaired) electrons. The number of likely N-dealkylation sites (tertiary alicyclic amines) is 1. The molecule has 16 heteroatoms. The lowest BCUT2D eigenvalue weighted by Crippen LogP contribution is -2.42. The maximum atomic E-state index is 14.0. The molecule has 5 N–H and O–H groups in total. The van der Waals surface area contributed by atoms with Crippen LogP contribution >= 0.6 is 0 Å². The minimum atomic E-state index is -1.09. The van der Waals surface area contributed by atoms with Gasteiger partial charge in [-0.2, -0.15) is 14.8 Å². The van der Waals surface area contributed by atoms with E-state index in [4.69, 9.17) is 4.74 Å². The number of amides is 1. The van der Waals surface area contributed by atoms with Crippen molar-refractivity contribution >= 4 is 28.7 Å². The number of carbonyl (C=O) groups is 2. The summed E-state index contributed by atoms with van der Waals surface area (Å²) in [6.07, 6.45) is 0.421. The third-order valence-corrected chi connectivity index (χ3v) is 8.37. The lowest BCUT2D eigenvalue weighted by molar-refractivity contribution is 0.0521. The number of β-amino-alcohol motifs (C(OH)–C–C–N with tert-alkyl or cyclic N) is 1. The van der Waals surface area contributed by atoms with Crippen LogP contribution in [-0.4, -0.2) is 82.3 Å². The molecule has 1 saturated heterocycles. The molecule has 1 aliphatic rings. The second-order valence-corrected chi connectivity index (χ2v) is 11.7. The largest absolute Gasteiger partial charge is 0.461 e. The monoisotopic (exact) mass is 677 g/mol. The van der Waals surface area contributed by atoms with E-state index in [1.165, 1.54) is 0 Å². The summed E-state index contributed by atoms with van der Waals surface area (Å²) in [6, 6.07) is 20.3. The fourth-order valence-electron chi connectivity index (χ4n) is 6.05. The maximum Gasteiger partial charge on any atom is 0.361 e. The average molecular weight is 678 g/mol. The van der Waals surface area contributed by atoms with E-state index in [-0.39, 0.29) is 40.9 Å². The molecule has 0 saturated carbocycles. The Labute approximate surface area is 282 Å². The summed E-state index contributed by atoms with van der Waals surface area (Å²) in [5, 5.41) is 23.0.